The Bertz CT molecular complexity index is 460. The summed E-state index contributed by atoms with van der Waals surface area (Å²) in [5.41, 5.74) is 0.129. The second kappa shape index (κ2) is 5.39. The van der Waals surface area contributed by atoms with Crippen molar-refractivity contribution in [2.45, 2.75) is 6.92 Å². The van der Waals surface area contributed by atoms with Crippen LogP contribution < -0.4 is 8.43 Å². The molecule has 0 heterocycles. The summed E-state index contributed by atoms with van der Waals surface area (Å²) in [5, 5.41) is 0. The maximum absolute atomic E-state index is 11.6. The summed E-state index contributed by atoms with van der Waals surface area (Å²) in [5.74, 6) is 0. The van der Waals surface area contributed by atoms with Crippen molar-refractivity contribution in [2.75, 3.05) is 10.3 Å². The lowest BCUT2D eigenvalue weighted by Gasteiger charge is -2.19. The average molecular weight is 264 g/mol. The van der Waals surface area contributed by atoms with Gasteiger partial charge in [-0.1, -0.05) is 25.1 Å². The minimum absolute atomic E-state index is 0.129. The SMILES string of the molecule is CCNS(=O)(=O)N(c1ccccc1)S(=O)O. The average Bonchev–Trinajstić information content (AvgIpc) is 2.17. The smallest absolute Gasteiger partial charge is 0.288 e. The monoisotopic (exact) mass is 264 g/mol. The zero-order valence-electron chi connectivity index (χ0n) is 8.53. The Balaban J connectivity index is 3.16. The van der Waals surface area contributed by atoms with E-state index in [1.165, 1.54) is 12.1 Å². The lowest BCUT2D eigenvalue weighted by Crippen LogP contribution is -2.41. The van der Waals surface area contributed by atoms with Gasteiger partial charge >= 0.3 is 10.2 Å². The van der Waals surface area contributed by atoms with Gasteiger partial charge in [-0.25, -0.2) is 4.21 Å². The number of rotatable bonds is 5. The van der Waals surface area contributed by atoms with Crippen LogP contribution in [-0.4, -0.2) is 23.7 Å². The maximum atomic E-state index is 11.6. The Morgan fingerprint density at radius 1 is 1.38 bits per heavy atom. The lowest BCUT2D eigenvalue weighted by molar-refractivity contribution is 0.558. The van der Waals surface area contributed by atoms with Gasteiger partial charge in [0.2, 0.25) is 0 Å². The Hall–Kier alpha value is -0.960. The van der Waals surface area contributed by atoms with Crippen molar-refractivity contribution in [3.05, 3.63) is 30.3 Å². The van der Waals surface area contributed by atoms with Gasteiger partial charge in [-0.15, -0.1) is 3.71 Å². The molecule has 0 bridgehead atoms. The fourth-order valence-corrected chi connectivity index (χ4v) is 3.12. The van der Waals surface area contributed by atoms with Crippen LogP contribution in [0.5, 0.6) is 0 Å². The van der Waals surface area contributed by atoms with Crippen molar-refractivity contribution in [3.8, 4) is 0 Å². The molecule has 90 valence electrons. The number of nitrogens with one attached hydrogen (secondary N) is 1. The van der Waals surface area contributed by atoms with E-state index in [0.717, 1.165) is 0 Å². The molecule has 0 aromatic heterocycles. The molecular weight excluding hydrogens is 252 g/mol. The molecule has 0 aliphatic carbocycles. The lowest BCUT2D eigenvalue weighted by atomic mass is 10.3. The highest BCUT2D eigenvalue weighted by molar-refractivity contribution is 8.04. The van der Waals surface area contributed by atoms with Crippen molar-refractivity contribution in [1.82, 2.24) is 4.72 Å². The van der Waals surface area contributed by atoms with Crippen LogP contribution in [0.3, 0.4) is 0 Å². The van der Waals surface area contributed by atoms with E-state index in [-0.39, 0.29) is 12.2 Å². The first-order valence-corrected chi connectivity index (χ1v) is 6.95. The molecule has 0 fully saturated rings. The van der Waals surface area contributed by atoms with Gasteiger partial charge in [-0.05, 0) is 12.1 Å². The minimum atomic E-state index is -3.99. The summed E-state index contributed by atoms with van der Waals surface area (Å²) in [4.78, 5) is 0. The van der Waals surface area contributed by atoms with Gasteiger partial charge in [0, 0.05) is 6.54 Å². The predicted octanol–water partition coefficient (Wildman–Crippen LogP) is 0.484. The summed E-state index contributed by atoms with van der Waals surface area (Å²) in [7, 11) is -3.99. The molecule has 0 radical (unpaired) electrons. The van der Waals surface area contributed by atoms with Crippen LogP contribution in [0, 0.1) is 0 Å². The van der Waals surface area contributed by atoms with E-state index in [1.807, 2.05) is 0 Å². The maximum Gasteiger partial charge on any atom is 0.314 e. The standard InChI is InChI=1S/C8H12N2O4S2/c1-2-9-16(13,14)10(15(11)12)8-6-4-3-5-7-8/h3-7,9H,2H2,1H3,(H,11,12). The Morgan fingerprint density at radius 3 is 2.38 bits per heavy atom. The van der Waals surface area contributed by atoms with E-state index in [2.05, 4.69) is 4.72 Å². The van der Waals surface area contributed by atoms with Gasteiger partial charge < -0.3 is 0 Å². The molecular formula is C8H12N2O4S2. The molecule has 1 unspecified atom stereocenters. The molecule has 1 aromatic rings. The van der Waals surface area contributed by atoms with Crippen molar-refractivity contribution in [1.29, 1.82) is 0 Å². The van der Waals surface area contributed by atoms with E-state index in [1.54, 1.807) is 25.1 Å². The molecule has 1 aromatic carbocycles. The first-order chi connectivity index (χ1) is 7.49. The second-order valence-corrected chi connectivity index (χ2v) is 5.46. The first kappa shape index (κ1) is 13.1. The van der Waals surface area contributed by atoms with Crippen LogP contribution in [-0.2, 0) is 21.5 Å². The highest BCUT2D eigenvalue weighted by Crippen LogP contribution is 2.17. The van der Waals surface area contributed by atoms with E-state index >= 15 is 0 Å². The largest absolute Gasteiger partial charge is 0.314 e. The van der Waals surface area contributed by atoms with Gasteiger partial charge in [-0.2, -0.15) is 13.1 Å². The van der Waals surface area contributed by atoms with Gasteiger partial charge in [0.25, 0.3) is 11.3 Å². The summed E-state index contributed by atoms with van der Waals surface area (Å²) in [6.07, 6.45) is 0. The van der Waals surface area contributed by atoms with Crippen LogP contribution in [0.2, 0.25) is 0 Å². The topological polar surface area (TPSA) is 86.7 Å². The third-order valence-corrected chi connectivity index (χ3v) is 4.42. The van der Waals surface area contributed by atoms with Crippen LogP contribution in [0.1, 0.15) is 6.92 Å². The molecule has 0 saturated carbocycles. The molecule has 0 aliphatic heterocycles. The van der Waals surface area contributed by atoms with Crippen LogP contribution in [0.4, 0.5) is 5.69 Å². The summed E-state index contributed by atoms with van der Waals surface area (Å²) in [6.45, 7) is 1.73. The molecule has 16 heavy (non-hydrogen) atoms. The molecule has 0 aliphatic rings. The fourth-order valence-electron chi connectivity index (χ4n) is 1.10. The Morgan fingerprint density at radius 2 is 1.94 bits per heavy atom. The molecule has 1 atom stereocenters. The van der Waals surface area contributed by atoms with E-state index in [4.69, 9.17) is 4.55 Å². The number of hydrogen-bond donors (Lipinski definition) is 2. The normalized spacial score (nSPS) is 13.4. The van der Waals surface area contributed by atoms with E-state index < -0.39 is 21.5 Å². The molecule has 8 heteroatoms. The number of para-hydroxylation sites is 1. The van der Waals surface area contributed by atoms with Crippen LogP contribution >= 0.6 is 0 Å². The summed E-state index contributed by atoms with van der Waals surface area (Å²) in [6, 6.07) is 7.71. The van der Waals surface area contributed by atoms with Gasteiger partial charge in [0.15, 0.2) is 0 Å². The molecule has 0 amide bonds. The third-order valence-electron chi connectivity index (χ3n) is 1.65. The van der Waals surface area contributed by atoms with Crippen molar-refractivity contribution in [2.24, 2.45) is 0 Å². The minimum Gasteiger partial charge on any atom is -0.288 e. The van der Waals surface area contributed by atoms with Crippen LogP contribution in [0.25, 0.3) is 0 Å². The van der Waals surface area contributed by atoms with Gasteiger partial charge in [0.1, 0.15) is 0 Å². The number of anilines is 1. The third kappa shape index (κ3) is 3.01. The highest BCUT2D eigenvalue weighted by atomic mass is 32.3. The zero-order chi connectivity index (χ0) is 12.2. The second-order valence-electron chi connectivity index (χ2n) is 2.80. The molecule has 6 nitrogen and oxygen atoms in total. The predicted molar refractivity (Wildman–Crippen MR) is 62.3 cm³/mol. The number of nitrogens with zero attached hydrogens (tertiary/aromatic N) is 1. The molecule has 1 rings (SSSR count). The number of hydrogen-bond acceptors (Lipinski definition) is 3. The van der Waals surface area contributed by atoms with Gasteiger partial charge in [-0.3, -0.25) is 4.55 Å². The summed E-state index contributed by atoms with van der Waals surface area (Å²) < 4.78 is 45.9. The van der Waals surface area contributed by atoms with E-state index in [0.29, 0.717) is 3.71 Å². The Labute approximate surface area is 96.9 Å². The van der Waals surface area contributed by atoms with Crippen LogP contribution in [0.15, 0.2) is 30.3 Å². The van der Waals surface area contributed by atoms with Crippen molar-refractivity contribution < 1.29 is 17.2 Å². The highest BCUT2D eigenvalue weighted by Gasteiger charge is 2.26. The van der Waals surface area contributed by atoms with E-state index in [9.17, 15) is 12.6 Å². The quantitative estimate of drug-likeness (QED) is 0.757. The molecule has 2 N–H and O–H groups in total. The summed E-state index contributed by atoms with van der Waals surface area (Å²) >= 11 is -2.64. The molecule has 0 saturated heterocycles. The van der Waals surface area contributed by atoms with Gasteiger partial charge in [0.05, 0.1) is 5.69 Å². The Kier molecular flexibility index (Phi) is 4.42. The molecule has 0 spiro atoms. The fraction of sp³-hybridized carbons (Fsp3) is 0.250. The number of benzene rings is 1. The van der Waals surface area contributed by atoms with Crippen molar-refractivity contribution in [3.63, 3.8) is 0 Å². The zero-order valence-corrected chi connectivity index (χ0v) is 10.2. The van der Waals surface area contributed by atoms with Crippen molar-refractivity contribution >= 4 is 27.2 Å². The first-order valence-electron chi connectivity index (χ1n) is 4.45.